The number of amides is 3. The Labute approximate surface area is 119 Å². The summed E-state index contributed by atoms with van der Waals surface area (Å²) in [4.78, 5) is 39.8. The first kappa shape index (κ1) is 13.0. The van der Waals surface area contributed by atoms with Gasteiger partial charge in [0.25, 0.3) is 0 Å². The second-order valence-corrected chi connectivity index (χ2v) is 4.62. The molecule has 1 aliphatic rings. The second kappa shape index (κ2) is 4.86. The zero-order valence-corrected chi connectivity index (χ0v) is 10.9. The number of anilines is 1. The summed E-state index contributed by atoms with van der Waals surface area (Å²) >= 11 is 0. The molecular weight excluding hydrogens is 274 g/mol. The Morgan fingerprint density at radius 1 is 1.24 bits per heavy atom. The minimum atomic E-state index is -1.06. The number of hydrogen-bond donors (Lipinski definition) is 2. The number of nitrogens with zero attached hydrogens (tertiary/aromatic N) is 2. The van der Waals surface area contributed by atoms with Crippen molar-refractivity contribution in [2.24, 2.45) is 0 Å². The molecule has 1 aromatic heterocycles. The van der Waals surface area contributed by atoms with Crippen LogP contribution in [0.1, 0.15) is 16.8 Å². The van der Waals surface area contributed by atoms with Gasteiger partial charge in [-0.05, 0) is 6.07 Å². The van der Waals surface area contributed by atoms with Gasteiger partial charge >= 0.3 is 12.0 Å². The number of carbonyl (C=O) groups excluding carboxylic acids is 2. The molecule has 0 radical (unpaired) electrons. The summed E-state index contributed by atoms with van der Waals surface area (Å²) in [6.07, 6.45) is 3.14. The summed E-state index contributed by atoms with van der Waals surface area (Å²) in [6.45, 7) is 0.239. The molecule has 7 nitrogen and oxygen atoms in total. The van der Waals surface area contributed by atoms with Crippen molar-refractivity contribution in [2.75, 3.05) is 11.4 Å². The molecule has 0 unspecified atom stereocenters. The lowest BCUT2D eigenvalue weighted by Gasteiger charge is -2.27. The van der Waals surface area contributed by atoms with Crippen LogP contribution in [0.15, 0.2) is 30.6 Å². The zero-order chi connectivity index (χ0) is 15.0. The maximum Gasteiger partial charge on any atom is 0.336 e. The minimum absolute atomic E-state index is 0.121. The average Bonchev–Trinajstić information content (AvgIpc) is 2.46. The van der Waals surface area contributed by atoms with Gasteiger partial charge in [0.1, 0.15) is 0 Å². The number of carboxylic acid groups (broad SMARTS) is 1. The molecule has 0 saturated carbocycles. The Morgan fingerprint density at radius 3 is 2.76 bits per heavy atom. The quantitative estimate of drug-likeness (QED) is 0.868. The molecule has 7 heteroatoms. The van der Waals surface area contributed by atoms with Crippen LogP contribution in [-0.2, 0) is 4.79 Å². The average molecular weight is 285 g/mol. The van der Waals surface area contributed by atoms with Crippen molar-refractivity contribution in [3.63, 3.8) is 0 Å². The normalized spacial score (nSPS) is 15.1. The number of imide groups is 1. The third kappa shape index (κ3) is 2.18. The lowest BCUT2D eigenvalue weighted by molar-refractivity contribution is -0.120. The van der Waals surface area contributed by atoms with Gasteiger partial charge in [-0.1, -0.05) is 12.1 Å². The maximum absolute atomic E-state index is 11.9. The number of benzene rings is 1. The van der Waals surface area contributed by atoms with Gasteiger partial charge in [-0.2, -0.15) is 0 Å². The molecule has 106 valence electrons. The smallest absolute Gasteiger partial charge is 0.336 e. The summed E-state index contributed by atoms with van der Waals surface area (Å²) in [5.41, 5.74) is 0.607. The minimum Gasteiger partial charge on any atom is -0.478 e. The predicted octanol–water partition coefficient (Wildman–Crippen LogP) is 1.38. The van der Waals surface area contributed by atoms with Crippen LogP contribution in [0.4, 0.5) is 10.5 Å². The number of nitrogens with one attached hydrogen (secondary N) is 1. The van der Waals surface area contributed by atoms with Crippen LogP contribution in [0.5, 0.6) is 0 Å². The van der Waals surface area contributed by atoms with Gasteiger partial charge in [0, 0.05) is 29.9 Å². The van der Waals surface area contributed by atoms with E-state index < -0.39 is 12.0 Å². The molecule has 2 N–H and O–H groups in total. The highest BCUT2D eigenvalue weighted by Crippen LogP contribution is 2.29. The summed E-state index contributed by atoms with van der Waals surface area (Å²) in [5.74, 6) is -1.38. The molecule has 1 aromatic carbocycles. The highest BCUT2D eigenvalue weighted by molar-refractivity contribution is 6.12. The molecule has 1 aliphatic heterocycles. The molecule has 3 rings (SSSR count). The number of aromatic nitrogens is 1. The van der Waals surface area contributed by atoms with Gasteiger partial charge in [-0.15, -0.1) is 0 Å². The van der Waals surface area contributed by atoms with Gasteiger partial charge in [0.15, 0.2) is 0 Å². The lowest BCUT2D eigenvalue weighted by atomic mass is 10.0. The summed E-state index contributed by atoms with van der Waals surface area (Å²) in [5, 5.41) is 12.5. The number of aromatic carboxylic acids is 1. The monoisotopic (exact) mass is 285 g/mol. The highest BCUT2D eigenvalue weighted by atomic mass is 16.4. The molecule has 1 saturated heterocycles. The fourth-order valence-corrected chi connectivity index (χ4v) is 2.38. The Balaban J connectivity index is 2.16. The van der Waals surface area contributed by atoms with E-state index in [-0.39, 0.29) is 24.4 Å². The Kier molecular flexibility index (Phi) is 3.02. The fourth-order valence-electron chi connectivity index (χ4n) is 2.38. The van der Waals surface area contributed by atoms with Crippen LogP contribution in [0.3, 0.4) is 0 Å². The zero-order valence-electron chi connectivity index (χ0n) is 10.9. The van der Waals surface area contributed by atoms with Gasteiger partial charge in [0.05, 0.1) is 17.4 Å². The molecule has 2 heterocycles. The molecule has 0 spiro atoms. The van der Waals surface area contributed by atoms with Crippen molar-refractivity contribution in [3.8, 4) is 0 Å². The van der Waals surface area contributed by atoms with Crippen molar-refractivity contribution in [1.82, 2.24) is 10.3 Å². The molecule has 1 fully saturated rings. The summed E-state index contributed by atoms with van der Waals surface area (Å²) in [7, 11) is 0. The number of carbonyl (C=O) groups is 3. The Bertz CT molecular complexity index is 772. The topological polar surface area (TPSA) is 99.6 Å². The van der Waals surface area contributed by atoms with Crippen LogP contribution in [-0.4, -0.2) is 34.5 Å². The SMILES string of the molecule is O=C1CCN(c2cncc3c(C(=O)O)cccc23)C(=O)N1. The second-order valence-electron chi connectivity index (χ2n) is 4.62. The predicted molar refractivity (Wildman–Crippen MR) is 74.2 cm³/mol. The molecule has 2 aromatic rings. The first-order chi connectivity index (χ1) is 10.1. The van der Waals surface area contributed by atoms with Gasteiger partial charge in [0.2, 0.25) is 5.91 Å². The van der Waals surface area contributed by atoms with Crippen molar-refractivity contribution < 1.29 is 19.5 Å². The fraction of sp³-hybridized carbons (Fsp3) is 0.143. The lowest BCUT2D eigenvalue weighted by Crippen LogP contribution is -2.49. The molecule has 0 bridgehead atoms. The summed E-state index contributed by atoms with van der Waals surface area (Å²) < 4.78 is 0. The summed E-state index contributed by atoms with van der Waals surface area (Å²) in [6, 6.07) is 4.29. The van der Waals surface area contributed by atoms with E-state index in [4.69, 9.17) is 0 Å². The van der Waals surface area contributed by atoms with E-state index in [0.29, 0.717) is 16.5 Å². The largest absolute Gasteiger partial charge is 0.478 e. The van der Waals surface area contributed by atoms with Gasteiger partial charge in [-0.25, -0.2) is 9.59 Å². The molecular formula is C14H11N3O4. The van der Waals surface area contributed by atoms with E-state index in [1.54, 1.807) is 12.1 Å². The number of carboxylic acids is 1. The molecule has 3 amide bonds. The standard InChI is InChI=1S/C14H11N3O4/c18-12-4-5-17(14(21)16-12)11-7-15-6-10-8(11)2-1-3-9(10)13(19)20/h1-3,6-7H,4-5H2,(H,19,20)(H,16,18,21). The van der Waals surface area contributed by atoms with E-state index in [1.165, 1.54) is 23.4 Å². The molecule has 0 aliphatic carbocycles. The van der Waals surface area contributed by atoms with E-state index in [1.807, 2.05) is 0 Å². The van der Waals surface area contributed by atoms with Crippen molar-refractivity contribution >= 4 is 34.4 Å². The van der Waals surface area contributed by atoms with Crippen molar-refractivity contribution in [2.45, 2.75) is 6.42 Å². The number of fused-ring (bicyclic) bond motifs is 1. The number of pyridine rings is 1. The van der Waals surface area contributed by atoms with Crippen LogP contribution in [0.25, 0.3) is 10.8 Å². The highest BCUT2D eigenvalue weighted by Gasteiger charge is 2.26. The van der Waals surface area contributed by atoms with Crippen molar-refractivity contribution in [3.05, 3.63) is 36.2 Å². The van der Waals surface area contributed by atoms with Crippen LogP contribution < -0.4 is 10.2 Å². The van der Waals surface area contributed by atoms with E-state index >= 15 is 0 Å². The van der Waals surface area contributed by atoms with Crippen LogP contribution in [0, 0.1) is 0 Å². The molecule has 21 heavy (non-hydrogen) atoms. The number of hydrogen-bond acceptors (Lipinski definition) is 4. The number of rotatable bonds is 2. The Morgan fingerprint density at radius 2 is 2.05 bits per heavy atom. The van der Waals surface area contributed by atoms with Crippen molar-refractivity contribution in [1.29, 1.82) is 0 Å². The first-order valence-corrected chi connectivity index (χ1v) is 6.29. The maximum atomic E-state index is 11.9. The number of urea groups is 1. The third-order valence-electron chi connectivity index (χ3n) is 3.36. The Hall–Kier alpha value is -2.96. The first-order valence-electron chi connectivity index (χ1n) is 6.29. The van der Waals surface area contributed by atoms with E-state index in [2.05, 4.69) is 10.3 Å². The molecule has 0 atom stereocenters. The third-order valence-corrected chi connectivity index (χ3v) is 3.36. The van der Waals surface area contributed by atoms with Crippen LogP contribution >= 0.6 is 0 Å². The van der Waals surface area contributed by atoms with E-state index in [9.17, 15) is 19.5 Å². The van der Waals surface area contributed by atoms with Crippen LogP contribution in [0.2, 0.25) is 0 Å². The van der Waals surface area contributed by atoms with E-state index in [0.717, 1.165) is 0 Å². The van der Waals surface area contributed by atoms with Gasteiger partial charge < -0.3 is 5.11 Å². The van der Waals surface area contributed by atoms with Gasteiger partial charge in [-0.3, -0.25) is 20.0 Å².